The van der Waals surface area contributed by atoms with Crippen molar-refractivity contribution < 1.29 is 19.1 Å². The molecule has 0 aromatic heterocycles. The highest BCUT2D eigenvalue weighted by Gasteiger charge is 2.07. The van der Waals surface area contributed by atoms with Crippen molar-refractivity contribution >= 4 is 23.7 Å². The molecule has 7 nitrogen and oxygen atoms in total. The van der Waals surface area contributed by atoms with Crippen LogP contribution in [0.5, 0.6) is 11.5 Å². The maximum Gasteiger partial charge on any atom is 0.271 e. The van der Waals surface area contributed by atoms with Crippen molar-refractivity contribution in [2.24, 2.45) is 5.10 Å². The first kappa shape index (κ1) is 20.7. The number of amides is 2. The Morgan fingerprint density at radius 2 is 1.96 bits per heavy atom. The lowest BCUT2D eigenvalue weighted by molar-refractivity contribution is -0.114. The van der Waals surface area contributed by atoms with E-state index >= 15 is 0 Å². The molecule has 0 aliphatic carbocycles. The third-order valence-electron chi connectivity index (χ3n) is 3.45. The van der Waals surface area contributed by atoms with E-state index in [2.05, 4.69) is 22.4 Å². The van der Waals surface area contributed by atoms with Crippen LogP contribution in [0.3, 0.4) is 0 Å². The third kappa shape index (κ3) is 6.28. The van der Waals surface area contributed by atoms with Gasteiger partial charge in [-0.05, 0) is 48.9 Å². The highest BCUT2D eigenvalue weighted by Crippen LogP contribution is 2.28. The molecule has 0 aliphatic heterocycles. The van der Waals surface area contributed by atoms with E-state index in [4.69, 9.17) is 9.47 Å². The van der Waals surface area contributed by atoms with Crippen LogP contribution >= 0.6 is 0 Å². The van der Waals surface area contributed by atoms with Crippen LogP contribution in [-0.4, -0.2) is 31.2 Å². The number of nitrogens with one attached hydrogen (secondary N) is 2. The highest BCUT2D eigenvalue weighted by molar-refractivity contribution is 5.97. The summed E-state index contributed by atoms with van der Waals surface area (Å²) in [5, 5.41) is 6.61. The zero-order chi connectivity index (χ0) is 20.4. The highest BCUT2D eigenvalue weighted by atomic mass is 16.5. The van der Waals surface area contributed by atoms with Crippen molar-refractivity contribution in [1.82, 2.24) is 5.43 Å². The number of ether oxygens (including phenoxy) is 2. The van der Waals surface area contributed by atoms with Crippen LogP contribution in [0.1, 0.15) is 29.8 Å². The number of hydrazone groups is 1. The standard InChI is InChI=1S/C21H23N3O4/c1-4-11-28-19-10-9-16(12-20(19)27-5-2)14-22-24-21(26)17-7-6-8-18(13-17)23-15(3)25/h4,6-10,12-14H,1,5,11H2,2-3H3,(H,23,25)(H,24,26)/b22-14-. The fourth-order valence-corrected chi connectivity index (χ4v) is 2.31. The third-order valence-corrected chi connectivity index (χ3v) is 3.45. The zero-order valence-electron chi connectivity index (χ0n) is 15.9. The fourth-order valence-electron chi connectivity index (χ4n) is 2.31. The van der Waals surface area contributed by atoms with E-state index in [9.17, 15) is 9.59 Å². The summed E-state index contributed by atoms with van der Waals surface area (Å²) in [7, 11) is 0. The van der Waals surface area contributed by atoms with E-state index in [0.29, 0.717) is 36.0 Å². The topological polar surface area (TPSA) is 89.0 Å². The summed E-state index contributed by atoms with van der Waals surface area (Å²) in [4.78, 5) is 23.3. The second kappa shape index (κ2) is 10.5. The van der Waals surface area contributed by atoms with Gasteiger partial charge in [-0.3, -0.25) is 9.59 Å². The molecule has 28 heavy (non-hydrogen) atoms. The zero-order valence-corrected chi connectivity index (χ0v) is 15.9. The number of anilines is 1. The lowest BCUT2D eigenvalue weighted by Crippen LogP contribution is -2.18. The minimum Gasteiger partial charge on any atom is -0.490 e. The minimum absolute atomic E-state index is 0.207. The molecule has 2 amide bonds. The van der Waals surface area contributed by atoms with Gasteiger partial charge in [0.05, 0.1) is 12.8 Å². The van der Waals surface area contributed by atoms with Crippen LogP contribution in [0.15, 0.2) is 60.2 Å². The van der Waals surface area contributed by atoms with Gasteiger partial charge >= 0.3 is 0 Å². The molecule has 0 bridgehead atoms. The number of hydrogen-bond acceptors (Lipinski definition) is 5. The molecule has 7 heteroatoms. The van der Waals surface area contributed by atoms with Gasteiger partial charge in [0.25, 0.3) is 5.91 Å². The minimum atomic E-state index is -0.389. The van der Waals surface area contributed by atoms with Crippen molar-refractivity contribution in [3.05, 3.63) is 66.2 Å². The predicted octanol–water partition coefficient (Wildman–Crippen LogP) is 3.37. The molecule has 146 valence electrons. The van der Waals surface area contributed by atoms with Crippen molar-refractivity contribution in [1.29, 1.82) is 0 Å². The van der Waals surface area contributed by atoms with E-state index in [1.54, 1.807) is 48.5 Å². The lowest BCUT2D eigenvalue weighted by Gasteiger charge is -2.11. The van der Waals surface area contributed by atoms with Crippen LogP contribution in [0.4, 0.5) is 5.69 Å². The number of carbonyl (C=O) groups is 2. The number of benzene rings is 2. The monoisotopic (exact) mass is 381 g/mol. The average molecular weight is 381 g/mol. The van der Waals surface area contributed by atoms with Gasteiger partial charge in [-0.25, -0.2) is 5.43 Å². The molecule has 0 radical (unpaired) electrons. The van der Waals surface area contributed by atoms with Gasteiger partial charge in [-0.15, -0.1) is 0 Å². The van der Waals surface area contributed by atoms with Crippen molar-refractivity contribution in [2.75, 3.05) is 18.5 Å². The second-order valence-electron chi connectivity index (χ2n) is 5.70. The van der Waals surface area contributed by atoms with Gasteiger partial charge in [0.2, 0.25) is 5.91 Å². The van der Waals surface area contributed by atoms with E-state index in [1.165, 1.54) is 13.1 Å². The summed E-state index contributed by atoms with van der Waals surface area (Å²) in [6, 6.07) is 11.9. The van der Waals surface area contributed by atoms with Gasteiger partial charge in [0.1, 0.15) is 6.61 Å². The molecule has 0 aliphatic rings. The number of carbonyl (C=O) groups excluding carboxylic acids is 2. The van der Waals surface area contributed by atoms with Crippen LogP contribution < -0.4 is 20.2 Å². The lowest BCUT2D eigenvalue weighted by atomic mass is 10.2. The largest absolute Gasteiger partial charge is 0.490 e. The van der Waals surface area contributed by atoms with Crippen LogP contribution in [0, 0.1) is 0 Å². The van der Waals surface area contributed by atoms with Crippen molar-refractivity contribution in [3.63, 3.8) is 0 Å². The molecule has 2 N–H and O–H groups in total. The Morgan fingerprint density at radius 3 is 2.68 bits per heavy atom. The second-order valence-corrected chi connectivity index (χ2v) is 5.70. The van der Waals surface area contributed by atoms with E-state index in [-0.39, 0.29) is 11.8 Å². The van der Waals surface area contributed by atoms with E-state index in [0.717, 1.165) is 5.56 Å². The van der Waals surface area contributed by atoms with Crippen LogP contribution in [-0.2, 0) is 4.79 Å². The van der Waals surface area contributed by atoms with Gasteiger partial charge < -0.3 is 14.8 Å². The summed E-state index contributed by atoms with van der Waals surface area (Å²) in [5.41, 5.74) is 4.12. The van der Waals surface area contributed by atoms with Crippen LogP contribution in [0.2, 0.25) is 0 Å². The van der Waals surface area contributed by atoms with E-state index < -0.39 is 0 Å². The Labute approximate surface area is 164 Å². The summed E-state index contributed by atoms with van der Waals surface area (Å²) < 4.78 is 11.1. The number of nitrogens with zero attached hydrogens (tertiary/aromatic N) is 1. The molecule has 0 spiro atoms. The molecule has 2 rings (SSSR count). The Morgan fingerprint density at radius 1 is 1.14 bits per heavy atom. The average Bonchev–Trinajstić information content (AvgIpc) is 2.67. The van der Waals surface area contributed by atoms with Gasteiger partial charge in [-0.2, -0.15) is 5.10 Å². The molecule has 2 aromatic carbocycles. The molecule has 0 heterocycles. The summed E-state index contributed by atoms with van der Waals surface area (Å²) in [6.45, 7) is 7.78. The predicted molar refractivity (Wildman–Crippen MR) is 109 cm³/mol. The molecular formula is C21H23N3O4. The normalized spacial score (nSPS) is 10.4. The maximum absolute atomic E-state index is 12.2. The molecule has 0 unspecified atom stereocenters. The first-order valence-electron chi connectivity index (χ1n) is 8.75. The number of hydrogen-bond donors (Lipinski definition) is 2. The molecular weight excluding hydrogens is 358 g/mol. The molecule has 0 atom stereocenters. The Bertz CT molecular complexity index is 878. The molecule has 2 aromatic rings. The number of rotatable bonds is 9. The fraction of sp³-hybridized carbons (Fsp3) is 0.190. The van der Waals surface area contributed by atoms with Crippen molar-refractivity contribution in [2.45, 2.75) is 13.8 Å². The SMILES string of the molecule is C=CCOc1ccc(/C=N\NC(=O)c2cccc(NC(C)=O)c2)cc1OCC. The molecule has 0 saturated carbocycles. The Balaban J connectivity index is 2.05. The quantitative estimate of drug-likeness (QED) is 0.396. The van der Waals surface area contributed by atoms with E-state index in [1.807, 2.05) is 6.92 Å². The van der Waals surface area contributed by atoms with Gasteiger partial charge in [-0.1, -0.05) is 18.7 Å². The molecule has 0 saturated heterocycles. The Kier molecular flexibility index (Phi) is 7.77. The first-order valence-corrected chi connectivity index (χ1v) is 8.75. The van der Waals surface area contributed by atoms with Gasteiger partial charge in [0.15, 0.2) is 11.5 Å². The summed E-state index contributed by atoms with van der Waals surface area (Å²) in [6.07, 6.45) is 3.16. The summed E-state index contributed by atoms with van der Waals surface area (Å²) >= 11 is 0. The van der Waals surface area contributed by atoms with Gasteiger partial charge in [0, 0.05) is 18.2 Å². The van der Waals surface area contributed by atoms with Crippen molar-refractivity contribution in [3.8, 4) is 11.5 Å². The molecule has 0 fully saturated rings. The summed E-state index contributed by atoms with van der Waals surface area (Å²) in [5.74, 6) is 0.598. The first-order chi connectivity index (χ1) is 13.5. The Hall–Kier alpha value is -3.61. The smallest absolute Gasteiger partial charge is 0.271 e. The maximum atomic E-state index is 12.2. The van der Waals surface area contributed by atoms with Crippen LogP contribution in [0.25, 0.3) is 0 Å².